The fraction of sp³-hybridized carbons (Fsp3) is 0.417. The van der Waals surface area contributed by atoms with Gasteiger partial charge in [-0.15, -0.1) is 0 Å². The van der Waals surface area contributed by atoms with Crippen LogP contribution in [0.3, 0.4) is 0 Å². The molecule has 0 aliphatic heterocycles. The second-order valence-electron chi connectivity index (χ2n) is 6.91. The van der Waals surface area contributed by atoms with Crippen LogP contribution in [0.1, 0.15) is 66.2 Å². The van der Waals surface area contributed by atoms with Gasteiger partial charge < -0.3 is 19.3 Å². The third kappa shape index (κ3) is 8.25. The monoisotopic (exact) mass is 414 g/mol. The van der Waals surface area contributed by atoms with Crippen LogP contribution >= 0.6 is 0 Å². The molecular formula is C24H30O6. The summed E-state index contributed by atoms with van der Waals surface area (Å²) in [6, 6.07) is 13.1. The quantitative estimate of drug-likeness (QED) is 0.288. The summed E-state index contributed by atoms with van der Waals surface area (Å²) in [4.78, 5) is 24.3. The Balaban J connectivity index is 1.79. The Kier molecular flexibility index (Phi) is 10.4. The largest absolute Gasteiger partial charge is 0.494 e. The first-order valence-electron chi connectivity index (χ1n) is 10.5. The predicted molar refractivity (Wildman–Crippen MR) is 114 cm³/mol. The maximum atomic E-state index is 12.3. The lowest BCUT2D eigenvalue weighted by atomic mass is 10.2. The molecule has 6 heteroatoms. The van der Waals surface area contributed by atoms with Crippen LogP contribution in [0.5, 0.6) is 11.5 Å². The Morgan fingerprint density at radius 2 is 1.33 bits per heavy atom. The fourth-order valence-corrected chi connectivity index (χ4v) is 2.66. The fourth-order valence-electron chi connectivity index (χ4n) is 2.66. The highest BCUT2D eigenvalue weighted by Crippen LogP contribution is 2.17. The number of carbonyl (C=O) groups is 2. The van der Waals surface area contributed by atoms with E-state index in [1.54, 1.807) is 48.5 Å². The van der Waals surface area contributed by atoms with Gasteiger partial charge in [0.15, 0.2) is 0 Å². The van der Waals surface area contributed by atoms with Crippen LogP contribution in [0.15, 0.2) is 48.5 Å². The number of aliphatic hydroxyl groups excluding tert-OH is 1. The Labute approximate surface area is 177 Å². The van der Waals surface area contributed by atoms with E-state index in [4.69, 9.17) is 19.3 Å². The van der Waals surface area contributed by atoms with Gasteiger partial charge in [0.2, 0.25) is 0 Å². The number of esters is 2. The first-order chi connectivity index (χ1) is 14.6. The number of hydrogen-bond acceptors (Lipinski definition) is 6. The van der Waals surface area contributed by atoms with Gasteiger partial charge in [-0.05, 0) is 74.2 Å². The van der Waals surface area contributed by atoms with Crippen molar-refractivity contribution in [3.8, 4) is 11.5 Å². The minimum Gasteiger partial charge on any atom is -0.494 e. The van der Waals surface area contributed by atoms with Crippen LogP contribution in [0.25, 0.3) is 0 Å². The van der Waals surface area contributed by atoms with E-state index in [0.717, 1.165) is 44.3 Å². The van der Waals surface area contributed by atoms with Gasteiger partial charge in [0.1, 0.15) is 11.5 Å². The molecule has 162 valence electrons. The minimum absolute atomic E-state index is 0.190. The van der Waals surface area contributed by atoms with Crippen LogP contribution in [0.2, 0.25) is 0 Å². The van der Waals surface area contributed by atoms with Gasteiger partial charge in [0, 0.05) is 6.61 Å². The smallest absolute Gasteiger partial charge is 0.343 e. The second-order valence-corrected chi connectivity index (χ2v) is 6.91. The summed E-state index contributed by atoms with van der Waals surface area (Å²) in [7, 11) is 0. The average Bonchev–Trinajstić information content (AvgIpc) is 2.77. The lowest BCUT2D eigenvalue weighted by molar-refractivity contribution is 0.0497. The Bertz CT molecular complexity index is 767. The van der Waals surface area contributed by atoms with E-state index in [1.165, 1.54) is 0 Å². The first kappa shape index (κ1) is 23.4. The summed E-state index contributed by atoms with van der Waals surface area (Å²) in [5, 5.41) is 8.73. The lowest BCUT2D eigenvalue weighted by Crippen LogP contribution is -2.09. The highest BCUT2D eigenvalue weighted by atomic mass is 16.5. The molecule has 0 fully saturated rings. The molecular weight excluding hydrogens is 384 g/mol. The maximum Gasteiger partial charge on any atom is 0.343 e. The Morgan fingerprint density at radius 1 is 0.733 bits per heavy atom. The number of unbranched alkanes of at least 4 members (excludes halogenated alkanes) is 4. The Morgan fingerprint density at radius 3 is 1.97 bits per heavy atom. The molecule has 0 aliphatic rings. The van der Waals surface area contributed by atoms with Gasteiger partial charge in [0.05, 0.1) is 24.3 Å². The van der Waals surface area contributed by atoms with Crippen molar-refractivity contribution in [2.75, 3.05) is 19.8 Å². The zero-order valence-corrected chi connectivity index (χ0v) is 17.5. The SMILES string of the molecule is CCCCOc1ccc(C(=O)Oc2ccc(C(=O)OCCCCCCO)cc2)cc1. The number of benzene rings is 2. The highest BCUT2D eigenvalue weighted by Gasteiger charge is 2.11. The topological polar surface area (TPSA) is 82.1 Å². The molecule has 0 heterocycles. The van der Waals surface area contributed by atoms with Crippen molar-refractivity contribution < 1.29 is 28.9 Å². The van der Waals surface area contributed by atoms with Crippen LogP contribution in [-0.2, 0) is 4.74 Å². The van der Waals surface area contributed by atoms with E-state index in [-0.39, 0.29) is 6.61 Å². The molecule has 0 atom stereocenters. The van der Waals surface area contributed by atoms with Crippen LogP contribution in [0.4, 0.5) is 0 Å². The zero-order valence-electron chi connectivity index (χ0n) is 17.5. The van der Waals surface area contributed by atoms with E-state index in [0.29, 0.717) is 30.1 Å². The van der Waals surface area contributed by atoms with Gasteiger partial charge in [-0.2, -0.15) is 0 Å². The number of aliphatic hydroxyl groups is 1. The summed E-state index contributed by atoms with van der Waals surface area (Å²) in [5.74, 6) is 0.182. The van der Waals surface area contributed by atoms with E-state index in [2.05, 4.69) is 6.92 Å². The highest BCUT2D eigenvalue weighted by molar-refractivity contribution is 5.92. The molecule has 0 unspecified atom stereocenters. The molecule has 0 aromatic heterocycles. The third-order valence-electron chi connectivity index (χ3n) is 4.44. The number of rotatable bonds is 13. The lowest BCUT2D eigenvalue weighted by Gasteiger charge is -2.08. The molecule has 0 amide bonds. The molecule has 2 aromatic rings. The van der Waals surface area contributed by atoms with E-state index in [9.17, 15) is 9.59 Å². The van der Waals surface area contributed by atoms with E-state index >= 15 is 0 Å². The normalized spacial score (nSPS) is 10.5. The van der Waals surface area contributed by atoms with Crippen molar-refractivity contribution in [3.05, 3.63) is 59.7 Å². The second kappa shape index (κ2) is 13.4. The van der Waals surface area contributed by atoms with Crippen molar-refractivity contribution in [1.82, 2.24) is 0 Å². The zero-order chi connectivity index (χ0) is 21.6. The van der Waals surface area contributed by atoms with Gasteiger partial charge in [-0.3, -0.25) is 0 Å². The van der Waals surface area contributed by atoms with E-state index in [1.807, 2.05) is 0 Å². The molecule has 1 N–H and O–H groups in total. The van der Waals surface area contributed by atoms with E-state index < -0.39 is 11.9 Å². The van der Waals surface area contributed by atoms with Crippen LogP contribution < -0.4 is 9.47 Å². The van der Waals surface area contributed by atoms with Gasteiger partial charge >= 0.3 is 11.9 Å². The van der Waals surface area contributed by atoms with Crippen molar-refractivity contribution >= 4 is 11.9 Å². The molecule has 0 saturated heterocycles. The minimum atomic E-state index is -0.478. The van der Waals surface area contributed by atoms with Crippen molar-refractivity contribution in [3.63, 3.8) is 0 Å². The van der Waals surface area contributed by atoms with Crippen molar-refractivity contribution in [2.45, 2.75) is 45.4 Å². The summed E-state index contributed by atoms with van der Waals surface area (Å²) in [6.07, 6.45) is 5.41. The Hall–Kier alpha value is -2.86. The van der Waals surface area contributed by atoms with Gasteiger partial charge in [-0.25, -0.2) is 9.59 Å². The predicted octanol–water partition coefficient (Wildman–Crippen LogP) is 4.79. The van der Waals surface area contributed by atoms with Crippen LogP contribution in [0, 0.1) is 0 Å². The molecule has 0 spiro atoms. The maximum absolute atomic E-state index is 12.3. The molecule has 30 heavy (non-hydrogen) atoms. The van der Waals surface area contributed by atoms with Gasteiger partial charge in [-0.1, -0.05) is 19.8 Å². The standard InChI is InChI=1S/C24H30O6/c1-2-3-17-28-21-12-8-20(9-13-21)24(27)30-22-14-10-19(11-15-22)23(26)29-18-7-5-4-6-16-25/h8-15,25H,2-7,16-18H2,1H3. The molecule has 2 aromatic carbocycles. The summed E-state index contributed by atoms with van der Waals surface area (Å²) >= 11 is 0. The average molecular weight is 414 g/mol. The molecule has 0 saturated carbocycles. The molecule has 2 rings (SSSR count). The van der Waals surface area contributed by atoms with Crippen molar-refractivity contribution in [1.29, 1.82) is 0 Å². The third-order valence-corrected chi connectivity index (χ3v) is 4.44. The van der Waals surface area contributed by atoms with Crippen molar-refractivity contribution in [2.24, 2.45) is 0 Å². The summed E-state index contributed by atoms with van der Waals surface area (Å²) in [6.45, 7) is 3.29. The number of ether oxygens (including phenoxy) is 3. The summed E-state index contributed by atoms with van der Waals surface area (Å²) in [5.41, 5.74) is 0.821. The first-order valence-corrected chi connectivity index (χ1v) is 10.5. The molecule has 0 aliphatic carbocycles. The molecule has 0 radical (unpaired) electrons. The summed E-state index contributed by atoms with van der Waals surface area (Å²) < 4.78 is 16.2. The molecule has 6 nitrogen and oxygen atoms in total. The van der Waals surface area contributed by atoms with Crippen LogP contribution in [-0.4, -0.2) is 36.9 Å². The number of hydrogen-bond donors (Lipinski definition) is 1. The van der Waals surface area contributed by atoms with Gasteiger partial charge in [0.25, 0.3) is 0 Å². The number of carbonyl (C=O) groups excluding carboxylic acids is 2. The molecule has 0 bridgehead atoms.